The molecule has 5 nitrogen and oxygen atoms in total. The molecule has 0 atom stereocenters. The third-order valence-electron chi connectivity index (χ3n) is 2.64. The van der Waals surface area contributed by atoms with Crippen LogP contribution in [-0.4, -0.2) is 41.4 Å². The van der Waals surface area contributed by atoms with Crippen LogP contribution >= 0.6 is 22.9 Å². The molecule has 1 fully saturated rings. The van der Waals surface area contributed by atoms with E-state index in [0.717, 1.165) is 11.3 Å². The van der Waals surface area contributed by atoms with Gasteiger partial charge in [0.25, 0.3) is 0 Å². The van der Waals surface area contributed by atoms with E-state index in [4.69, 9.17) is 21.4 Å². The van der Waals surface area contributed by atoms with E-state index in [2.05, 4.69) is 4.98 Å². The van der Waals surface area contributed by atoms with Crippen molar-refractivity contribution in [2.75, 3.05) is 24.7 Å². The van der Waals surface area contributed by atoms with Crippen molar-refractivity contribution in [1.82, 2.24) is 4.98 Å². The first-order valence-electron chi connectivity index (χ1n) is 5.17. The lowest BCUT2D eigenvalue weighted by Crippen LogP contribution is -2.53. The molecule has 1 N–H and O–H groups in total. The van der Waals surface area contributed by atoms with Crippen LogP contribution in [0.2, 0.25) is 5.15 Å². The minimum Gasteiger partial charge on any atom is -0.477 e. The number of carbonyl (C=O) groups is 1. The highest BCUT2D eigenvalue weighted by Crippen LogP contribution is 2.34. The first kappa shape index (κ1) is 12.6. The summed E-state index contributed by atoms with van der Waals surface area (Å²) in [6.07, 6.45) is 0. The van der Waals surface area contributed by atoms with Gasteiger partial charge in [-0.25, -0.2) is 9.78 Å². The van der Waals surface area contributed by atoms with Gasteiger partial charge >= 0.3 is 5.97 Å². The van der Waals surface area contributed by atoms with Crippen LogP contribution in [0.15, 0.2) is 0 Å². The van der Waals surface area contributed by atoms with E-state index in [1.165, 1.54) is 0 Å². The van der Waals surface area contributed by atoms with Crippen molar-refractivity contribution in [2.45, 2.75) is 19.4 Å². The van der Waals surface area contributed by atoms with Gasteiger partial charge in [-0.1, -0.05) is 22.9 Å². The van der Waals surface area contributed by atoms with Crippen molar-refractivity contribution in [2.24, 2.45) is 0 Å². The zero-order valence-corrected chi connectivity index (χ0v) is 11.1. The van der Waals surface area contributed by atoms with E-state index in [1.54, 1.807) is 0 Å². The fourth-order valence-electron chi connectivity index (χ4n) is 1.75. The molecule has 0 aromatic carbocycles. The third kappa shape index (κ3) is 2.38. The summed E-state index contributed by atoms with van der Waals surface area (Å²) in [5.74, 6) is -1.04. The lowest BCUT2D eigenvalue weighted by Gasteiger charge is -2.41. The zero-order valence-electron chi connectivity index (χ0n) is 9.57. The Labute approximate surface area is 108 Å². The van der Waals surface area contributed by atoms with Gasteiger partial charge in [0.1, 0.15) is 0 Å². The summed E-state index contributed by atoms with van der Waals surface area (Å²) in [4.78, 5) is 17.2. The summed E-state index contributed by atoms with van der Waals surface area (Å²) in [6.45, 7) is 5.95. The van der Waals surface area contributed by atoms with E-state index >= 15 is 0 Å². The van der Waals surface area contributed by atoms with Crippen LogP contribution in [0.4, 0.5) is 5.13 Å². The number of thiazole rings is 1. The summed E-state index contributed by atoms with van der Waals surface area (Å²) >= 11 is 6.92. The number of hydrogen-bond acceptors (Lipinski definition) is 5. The van der Waals surface area contributed by atoms with E-state index in [9.17, 15) is 4.79 Å². The first-order chi connectivity index (χ1) is 7.92. The van der Waals surface area contributed by atoms with Crippen molar-refractivity contribution in [3.05, 3.63) is 10.0 Å². The van der Waals surface area contributed by atoms with E-state index < -0.39 is 5.97 Å². The number of carboxylic acids is 1. The molecule has 0 amide bonds. The Kier molecular flexibility index (Phi) is 3.29. The molecule has 1 saturated heterocycles. The van der Waals surface area contributed by atoms with E-state index in [-0.39, 0.29) is 15.6 Å². The maximum absolute atomic E-state index is 10.9. The monoisotopic (exact) mass is 276 g/mol. The maximum Gasteiger partial charge on any atom is 0.349 e. The number of anilines is 1. The lowest BCUT2D eigenvalue weighted by atomic mass is 10.0. The third-order valence-corrected chi connectivity index (χ3v) is 4.10. The highest BCUT2D eigenvalue weighted by Gasteiger charge is 2.33. The van der Waals surface area contributed by atoms with Gasteiger partial charge in [0.15, 0.2) is 15.2 Å². The molecule has 7 heteroatoms. The van der Waals surface area contributed by atoms with Gasteiger partial charge in [-0.2, -0.15) is 0 Å². The average molecular weight is 277 g/mol. The average Bonchev–Trinajstić information content (AvgIpc) is 2.59. The highest BCUT2D eigenvalue weighted by molar-refractivity contribution is 7.18. The second-order valence-corrected chi connectivity index (χ2v) is 5.77. The van der Waals surface area contributed by atoms with Gasteiger partial charge in [0.2, 0.25) is 0 Å². The minimum absolute atomic E-state index is 0.0554. The Morgan fingerprint density at radius 2 is 2.35 bits per heavy atom. The molecule has 94 valence electrons. The molecule has 1 aromatic rings. The summed E-state index contributed by atoms with van der Waals surface area (Å²) in [5.41, 5.74) is -0.199. The molecule has 17 heavy (non-hydrogen) atoms. The zero-order chi connectivity index (χ0) is 12.6. The number of rotatable bonds is 2. The van der Waals surface area contributed by atoms with Gasteiger partial charge in [-0.05, 0) is 13.8 Å². The fourth-order valence-corrected chi connectivity index (χ4v) is 3.06. The van der Waals surface area contributed by atoms with Crippen LogP contribution in [0.25, 0.3) is 0 Å². The Bertz CT molecular complexity index is 447. The molecule has 0 spiro atoms. The first-order valence-corrected chi connectivity index (χ1v) is 6.36. The number of morpholine rings is 1. The van der Waals surface area contributed by atoms with Crippen LogP contribution < -0.4 is 4.90 Å². The minimum atomic E-state index is -1.04. The van der Waals surface area contributed by atoms with Crippen LogP contribution in [0.3, 0.4) is 0 Å². The van der Waals surface area contributed by atoms with Crippen LogP contribution in [0.5, 0.6) is 0 Å². The SMILES string of the molecule is CC1(C)COCCN1c1nc(Cl)c(C(=O)O)s1. The molecule has 0 radical (unpaired) electrons. The van der Waals surface area contributed by atoms with Crippen LogP contribution in [0.1, 0.15) is 23.5 Å². The Morgan fingerprint density at radius 1 is 1.65 bits per heavy atom. The van der Waals surface area contributed by atoms with Gasteiger partial charge < -0.3 is 14.7 Å². The van der Waals surface area contributed by atoms with Crippen molar-refractivity contribution in [3.8, 4) is 0 Å². The quantitative estimate of drug-likeness (QED) is 0.896. The lowest BCUT2D eigenvalue weighted by molar-refractivity contribution is 0.0644. The molecule has 2 rings (SSSR count). The molecule has 0 bridgehead atoms. The normalized spacial score (nSPS) is 19.4. The number of ether oxygens (including phenoxy) is 1. The van der Waals surface area contributed by atoms with Crippen molar-refractivity contribution < 1.29 is 14.6 Å². The Hall–Kier alpha value is -0.850. The van der Waals surface area contributed by atoms with Crippen LogP contribution in [0, 0.1) is 0 Å². The topological polar surface area (TPSA) is 62.7 Å². The molecule has 0 aliphatic carbocycles. The number of hydrogen-bond donors (Lipinski definition) is 1. The number of halogens is 1. The number of aromatic nitrogens is 1. The molecule has 1 aliphatic heterocycles. The molecular formula is C10H13ClN2O3S. The second-order valence-electron chi connectivity index (χ2n) is 4.44. The van der Waals surface area contributed by atoms with Gasteiger partial charge in [0, 0.05) is 6.54 Å². The maximum atomic E-state index is 10.9. The van der Waals surface area contributed by atoms with Gasteiger partial charge in [0.05, 0.1) is 18.8 Å². The summed E-state index contributed by atoms with van der Waals surface area (Å²) < 4.78 is 5.41. The molecule has 2 heterocycles. The molecule has 0 saturated carbocycles. The summed E-state index contributed by atoms with van der Waals surface area (Å²) in [6, 6.07) is 0. The van der Waals surface area contributed by atoms with Gasteiger partial charge in [-0.15, -0.1) is 0 Å². The Balaban J connectivity index is 2.33. The second kappa shape index (κ2) is 4.44. The Morgan fingerprint density at radius 3 is 2.88 bits per heavy atom. The summed E-state index contributed by atoms with van der Waals surface area (Å²) in [5, 5.41) is 9.65. The van der Waals surface area contributed by atoms with Crippen molar-refractivity contribution in [3.63, 3.8) is 0 Å². The fraction of sp³-hybridized carbons (Fsp3) is 0.600. The smallest absolute Gasteiger partial charge is 0.349 e. The standard InChI is InChI=1S/C10H13ClN2O3S/c1-10(2)5-16-4-3-13(10)9-12-7(11)6(17-9)8(14)15/h3-5H2,1-2H3,(H,14,15). The van der Waals surface area contributed by atoms with E-state index in [0.29, 0.717) is 24.9 Å². The van der Waals surface area contributed by atoms with Crippen molar-refractivity contribution in [1.29, 1.82) is 0 Å². The molecule has 0 unspecified atom stereocenters. The number of carboxylic acid groups (broad SMARTS) is 1. The number of nitrogens with zero attached hydrogens (tertiary/aromatic N) is 2. The summed E-state index contributed by atoms with van der Waals surface area (Å²) in [7, 11) is 0. The van der Waals surface area contributed by atoms with E-state index in [1.807, 2.05) is 18.7 Å². The van der Waals surface area contributed by atoms with Crippen molar-refractivity contribution >= 4 is 34.0 Å². The molecule has 1 aromatic heterocycles. The molecular weight excluding hydrogens is 264 g/mol. The number of aromatic carboxylic acids is 1. The largest absolute Gasteiger partial charge is 0.477 e. The predicted octanol–water partition coefficient (Wildman–Crippen LogP) is 2.11. The molecule has 1 aliphatic rings. The highest BCUT2D eigenvalue weighted by atomic mass is 35.5. The van der Waals surface area contributed by atoms with Crippen LogP contribution in [-0.2, 0) is 4.74 Å². The van der Waals surface area contributed by atoms with Gasteiger partial charge in [-0.3, -0.25) is 0 Å². The predicted molar refractivity (Wildman–Crippen MR) is 66.3 cm³/mol.